The zero-order valence-electron chi connectivity index (χ0n) is 11.2. The Balaban J connectivity index is 1.73. The highest BCUT2D eigenvalue weighted by Crippen LogP contribution is 2.28. The number of benzene rings is 1. The molecule has 1 aromatic rings. The van der Waals surface area contributed by atoms with Crippen molar-refractivity contribution in [2.45, 2.75) is 25.8 Å². The van der Waals surface area contributed by atoms with Crippen LogP contribution in [0.1, 0.15) is 28.8 Å². The van der Waals surface area contributed by atoms with Gasteiger partial charge in [-0.1, -0.05) is 22.0 Å². The molecule has 3 saturated heterocycles. The van der Waals surface area contributed by atoms with Gasteiger partial charge in [0.05, 0.1) is 0 Å². The molecule has 4 rings (SSSR count). The van der Waals surface area contributed by atoms with Gasteiger partial charge in [-0.25, -0.2) is 0 Å². The fourth-order valence-electron chi connectivity index (χ4n) is 3.23. The Hall–Kier alpha value is -0.870. The van der Waals surface area contributed by atoms with Gasteiger partial charge in [0.1, 0.15) is 0 Å². The number of nitrogens with one attached hydrogen (secondary N) is 1. The van der Waals surface area contributed by atoms with Crippen LogP contribution >= 0.6 is 15.9 Å². The summed E-state index contributed by atoms with van der Waals surface area (Å²) in [7, 11) is 0. The molecule has 0 saturated carbocycles. The van der Waals surface area contributed by atoms with Crippen LogP contribution < -0.4 is 5.32 Å². The molecule has 0 aromatic heterocycles. The Morgan fingerprint density at radius 2 is 2.11 bits per heavy atom. The van der Waals surface area contributed by atoms with Crippen LogP contribution in [0.15, 0.2) is 22.7 Å². The minimum Gasteiger partial charge on any atom is -0.348 e. The summed E-state index contributed by atoms with van der Waals surface area (Å²) in [5.74, 6) is 0.735. The predicted octanol–water partition coefficient (Wildman–Crippen LogP) is 2.58. The number of fused-ring (bicyclic) bond motifs is 3. The fourth-order valence-corrected chi connectivity index (χ4v) is 3.59. The predicted molar refractivity (Wildman–Crippen MR) is 79.3 cm³/mol. The van der Waals surface area contributed by atoms with Gasteiger partial charge in [-0.3, -0.25) is 4.79 Å². The second kappa shape index (κ2) is 5.25. The molecule has 1 aromatic carbocycles. The SMILES string of the molecule is Cc1c(Br)cccc1C(=O)NC1CN2CCC1CC2. The van der Waals surface area contributed by atoms with E-state index >= 15 is 0 Å². The second-order valence-corrected chi connectivity index (χ2v) is 6.48. The number of carbonyl (C=O) groups is 1. The maximum Gasteiger partial charge on any atom is 0.251 e. The zero-order valence-corrected chi connectivity index (χ0v) is 12.7. The smallest absolute Gasteiger partial charge is 0.251 e. The minimum absolute atomic E-state index is 0.0672. The monoisotopic (exact) mass is 322 g/mol. The van der Waals surface area contributed by atoms with Crippen molar-refractivity contribution >= 4 is 21.8 Å². The van der Waals surface area contributed by atoms with E-state index in [1.165, 1.54) is 25.9 Å². The van der Waals surface area contributed by atoms with Crippen LogP contribution in [0.3, 0.4) is 0 Å². The van der Waals surface area contributed by atoms with Crippen molar-refractivity contribution in [2.75, 3.05) is 19.6 Å². The lowest BCUT2D eigenvalue weighted by Crippen LogP contribution is -2.57. The topological polar surface area (TPSA) is 32.3 Å². The average Bonchev–Trinajstić information content (AvgIpc) is 2.43. The molecule has 1 amide bonds. The van der Waals surface area contributed by atoms with Gasteiger partial charge in [-0.05, 0) is 56.5 Å². The summed E-state index contributed by atoms with van der Waals surface area (Å²) in [6, 6.07) is 6.12. The van der Waals surface area contributed by atoms with Crippen LogP contribution in [-0.2, 0) is 0 Å². The molecule has 1 atom stereocenters. The molecule has 19 heavy (non-hydrogen) atoms. The van der Waals surface area contributed by atoms with Crippen LogP contribution in [0, 0.1) is 12.8 Å². The van der Waals surface area contributed by atoms with Crippen molar-refractivity contribution in [2.24, 2.45) is 5.92 Å². The molecule has 3 aliphatic rings. The maximum atomic E-state index is 12.4. The lowest BCUT2D eigenvalue weighted by atomic mass is 9.84. The summed E-state index contributed by atoms with van der Waals surface area (Å²) in [5.41, 5.74) is 1.80. The van der Waals surface area contributed by atoms with E-state index in [0.29, 0.717) is 12.0 Å². The van der Waals surface area contributed by atoms with Crippen molar-refractivity contribution < 1.29 is 4.79 Å². The van der Waals surface area contributed by atoms with E-state index in [2.05, 4.69) is 26.1 Å². The number of hydrogen-bond donors (Lipinski definition) is 1. The Bertz CT molecular complexity index is 495. The number of amides is 1. The Morgan fingerprint density at radius 3 is 2.74 bits per heavy atom. The normalized spacial score (nSPS) is 29.3. The van der Waals surface area contributed by atoms with E-state index in [1.54, 1.807) is 0 Å². The molecule has 0 aliphatic carbocycles. The van der Waals surface area contributed by atoms with Crippen LogP contribution in [0.4, 0.5) is 0 Å². The molecule has 102 valence electrons. The minimum atomic E-state index is 0.0672. The molecule has 3 nitrogen and oxygen atoms in total. The second-order valence-electron chi connectivity index (χ2n) is 5.63. The highest BCUT2D eigenvalue weighted by molar-refractivity contribution is 9.10. The first-order valence-corrected chi connectivity index (χ1v) is 7.73. The third kappa shape index (κ3) is 2.56. The van der Waals surface area contributed by atoms with Crippen molar-refractivity contribution in [3.05, 3.63) is 33.8 Å². The number of nitrogens with zero attached hydrogens (tertiary/aromatic N) is 1. The molecule has 1 unspecified atom stereocenters. The van der Waals surface area contributed by atoms with Crippen LogP contribution in [0.5, 0.6) is 0 Å². The van der Waals surface area contributed by atoms with Crippen molar-refractivity contribution in [1.29, 1.82) is 0 Å². The maximum absolute atomic E-state index is 12.4. The molecule has 3 aliphatic heterocycles. The molecule has 3 fully saturated rings. The quantitative estimate of drug-likeness (QED) is 0.907. The Kier molecular flexibility index (Phi) is 3.63. The summed E-state index contributed by atoms with van der Waals surface area (Å²) in [6.07, 6.45) is 2.45. The molecule has 0 spiro atoms. The summed E-state index contributed by atoms with van der Waals surface area (Å²) in [5, 5.41) is 3.23. The number of piperidine rings is 3. The fraction of sp³-hybridized carbons (Fsp3) is 0.533. The first-order chi connectivity index (χ1) is 9.15. The van der Waals surface area contributed by atoms with E-state index in [9.17, 15) is 4.79 Å². The average molecular weight is 323 g/mol. The van der Waals surface area contributed by atoms with Gasteiger partial charge in [0, 0.05) is 22.6 Å². The Labute approximate surface area is 122 Å². The van der Waals surface area contributed by atoms with Crippen molar-refractivity contribution in [1.82, 2.24) is 10.2 Å². The van der Waals surface area contributed by atoms with Crippen molar-refractivity contribution in [3.8, 4) is 0 Å². The highest BCUT2D eigenvalue weighted by Gasteiger charge is 2.35. The first-order valence-electron chi connectivity index (χ1n) is 6.93. The summed E-state index contributed by atoms with van der Waals surface area (Å²) >= 11 is 3.48. The van der Waals surface area contributed by atoms with Gasteiger partial charge >= 0.3 is 0 Å². The van der Waals surface area contributed by atoms with Gasteiger partial charge < -0.3 is 10.2 Å². The van der Waals surface area contributed by atoms with Gasteiger partial charge in [0.2, 0.25) is 0 Å². The third-order valence-electron chi connectivity index (χ3n) is 4.48. The number of rotatable bonds is 2. The third-order valence-corrected chi connectivity index (χ3v) is 5.34. The largest absolute Gasteiger partial charge is 0.348 e. The lowest BCUT2D eigenvalue weighted by molar-refractivity contribution is 0.0620. The molecule has 1 N–H and O–H groups in total. The summed E-state index contributed by atoms with van der Waals surface area (Å²) < 4.78 is 0.995. The number of carbonyl (C=O) groups excluding carboxylic acids is 1. The molecule has 4 heteroatoms. The van der Waals surface area contributed by atoms with E-state index < -0.39 is 0 Å². The Morgan fingerprint density at radius 1 is 1.37 bits per heavy atom. The van der Waals surface area contributed by atoms with Gasteiger partial charge in [0.15, 0.2) is 0 Å². The van der Waals surface area contributed by atoms with E-state index in [-0.39, 0.29) is 5.91 Å². The van der Waals surface area contributed by atoms with Crippen LogP contribution in [0.2, 0.25) is 0 Å². The standard InChI is InChI=1S/C15H19BrN2O/c1-10-12(3-2-4-13(10)16)15(19)17-14-9-18-7-5-11(14)6-8-18/h2-4,11,14H,5-9H2,1H3,(H,17,19). The highest BCUT2D eigenvalue weighted by atomic mass is 79.9. The van der Waals surface area contributed by atoms with Gasteiger partial charge in [0.25, 0.3) is 5.91 Å². The van der Waals surface area contributed by atoms with Crippen LogP contribution in [0.25, 0.3) is 0 Å². The molecule has 0 radical (unpaired) electrons. The van der Waals surface area contributed by atoms with E-state index in [0.717, 1.165) is 22.1 Å². The molecular formula is C15H19BrN2O. The van der Waals surface area contributed by atoms with Crippen LogP contribution in [-0.4, -0.2) is 36.5 Å². The zero-order chi connectivity index (χ0) is 13.4. The van der Waals surface area contributed by atoms with Crippen molar-refractivity contribution in [3.63, 3.8) is 0 Å². The molecule has 3 heterocycles. The molecule has 2 bridgehead atoms. The molecular weight excluding hydrogens is 304 g/mol. The van der Waals surface area contributed by atoms with E-state index in [4.69, 9.17) is 0 Å². The first kappa shape index (κ1) is 13.1. The number of halogens is 1. The lowest BCUT2D eigenvalue weighted by Gasteiger charge is -2.45. The summed E-state index contributed by atoms with van der Waals surface area (Å²) in [6.45, 7) is 5.40. The summed E-state index contributed by atoms with van der Waals surface area (Å²) in [4.78, 5) is 14.9. The number of hydrogen-bond acceptors (Lipinski definition) is 2. The van der Waals surface area contributed by atoms with Gasteiger partial charge in [-0.2, -0.15) is 0 Å². The van der Waals surface area contributed by atoms with E-state index in [1.807, 2.05) is 25.1 Å². The van der Waals surface area contributed by atoms with Gasteiger partial charge in [-0.15, -0.1) is 0 Å².